The summed E-state index contributed by atoms with van der Waals surface area (Å²) < 4.78 is 8.19. The maximum atomic E-state index is 13.6. The van der Waals surface area contributed by atoms with Gasteiger partial charge in [0.25, 0.3) is 5.91 Å². The monoisotopic (exact) mass is 582 g/mol. The van der Waals surface area contributed by atoms with Crippen LogP contribution in [0.2, 0.25) is 18.1 Å². The van der Waals surface area contributed by atoms with Gasteiger partial charge in [-0.05, 0) is 94.2 Å². The first-order valence-electron chi connectivity index (χ1n) is 15.0. The molecule has 1 aromatic carbocycles. The van der Waals surface area contributed by atoms with E-state index >= 15 is 0 Å². The van der Waals surface area contributed by atoms with Crippen LogP contribution in [0.1, 0.15) is 73.6 Å². The van der Waals surface area contributed by atoms with Crippen molar-refractivity contribution >= 4 is 25.8 Å². The maximum Gasteiger partial charge on any atom is 0.254 e. The molecular formula is C31H50N6O3Si. The van der Waals surface area contributed by atoms with Crippen molar-refractivity contribution in [2.75, 3.05) is 39.1 Å². The number of rotatable bonds is 11. The Morgan fingerprint density at radius 3 is 2.54 bits per heavy atom. The molecule has 3 N–H and O–H groups in total. The summed E-state index contributed by atoms with van der Waals surface area (Å²) >= 11 is 0. The van der Waals surface area contributed by atoms with E-state index in [0.717, 1.165) is 54.0 Å². The van der Waals surface area contributed by atoms with Crippen LogP contribution in [0, 0.1) is 6.92 Å². The van der Waals surface area contributed by atoms with Crippen LogP contribution in [-0.2, 0) is 27.7 Å². The average molecular weight is 583 g/mol. The molecule has 2 heterocycles. The van der Waals surface area contributed by atoms with Crippen molar-refractivity contribution in [2.45, 2.75) is 96.1 Å². The minimum Gasteiger partial charge on any atom is -0.415 e. The van der Waals surface area contributed by atoms with E-state index in [1.807, 2.05) is 42.0 Å². The molecule has 9 nitrogen and oxygen atoms in total. The number of likely N-dealkylation sites (N-methyl/N-ethyl adjacent to an activating group) is 1. The molecule has 0 unspecified atom stereocenters. The summed E-state index contributed by atoms with van der Waals surface area (Å²) in [5.74, 6) is -0.249. The van der Waals surface area contributed by atoms with E-state index in [2.05, 4.69) is 57.1 Å². The van der Waals surface area contributed by atoms with Crippen molar-refractivity contribution in [3.8, 4) is 0 Å². The molecule has 0 radical (unpaired) electrons. The van der Waals surface area contributed by atoms with Gasteiger partial charge in [0.05, 0.1) is 24.3 Å². The number of nitrogens with two attached hydrogens (primary N) is 1. The van der Waals surface area contributed by atoms with Gasteiger partial charge in [-0.15, -0.1) is 0 Å². The summed E-state index contributed by atoms with van der Waals surface area (Å²) in [5.41, 5.74) is 9.99. The number of fused-ring (bicyclic) bond motifs is 1. The number of primary amides is 1. The van der Waals surface area contributed by atoms with Crippen molar-refractivity contribution in [3.05, 3.63) is 46.8 Å². The summed E-state index contributed by atoms with van der Waals surface area (Å²) in [6, 6.07) is 6.14. The first-order valence-corrected chi connectivity index (χ1v) is 17.9. The molecular weight excluding hydrogens is 532 g/mol. The molecule has 0 saturated heterocycles. The van der Waals surface area contributed by atoms with Gasteiger partial charge in [0.1, 0.15) is 0 Å². The smallest absolute Gasteiger partial charge is 0.254 e. The number of anilines is 1. The second-order valence-corrected chi connectivity index (χ2v) is 18.5. The summed E-state index contributed by atoms with van der Waals surface area (Å²) in [6.45, 7) is 16.9. The Balaban J connectivity index is 1.40. The van der Waals surface area contributed by atoms with Crippen LogP contribution in [0.3, 0.4) is 0 Å². The van der Waals surface area contributed by atoms with E-state index in [4.69, 9.17) is 15.3 Å². The molecule has 0 atom stereocenters. The number of amides is 2. The second-order valence-electron chi connectivity index (χ2n) is 13.7. The van der Waals surface area contributed by atoms with Crippen LogP contribution in [0.5, 0.6) is 0 Å². The Bertz CT molecular complexity index is 1260. The lowest BCUT2D eigenvalue weighted by Crippen LogP contribution is -2.48. The first-order chi connectivity index (χ1) is 19.1. The van der Waals surface area contributed by atoms with E-state index in [-0.39, 0.29) is 22.9 Å². The zero-order valence-corrected chi connectivity index (χ0v) is 27.3. The van der Waals surface area contributed by atoms with Gasteiger partial charge in [-0.2, -0.15) is 5.10 Å². The van der Waals surface area contributed by atoms with Crippen molar-refractivity contribution in [3.63, 3.8) is 0 Å². The van der Waals surface area contributed by atoms with Crippen LogP contribution < -0.4 is 11.1 Å². The SMILES string of the molecule is Cc1cc(NCCN(C)C)cc2c1CN(C1CCC(C(N)=O)(c3ccn(CCO[Si](C)(C)C(C)(C)C)n3)CC1)C2=O. The van der Waals surface area contributed by atoms with Crippen molar-refractivity contribution in [1.82, 2.24) is 19.6 Å². The summed E-state index contributed by atoms with van der Waals surface area (Å²) in [4.78, 5) is 30.6. The lowest BCUT2D eigenvalue weighted by Gasteiger charge is -2.40. The normalized spacial score (nSPS) is 21.4. The van der Waals surface area contributed by atoms with Crippen LogP contribution in [0.25, 0.3) is 0 Å². The van der Waals surface area contributed by atoms with E-state index in [1.165, 1.54) is 0 Å². The number of carbonyl (C=O) groups excluding carboxylic acids is 2. The molecule has 2 aliphatic rings. The minimum absolute atomic E-state index is 0.0759. The number of aromatic nitrogens is 2. The van der Waals surface area contributed by atoms with E-state index in [0.29, 0.717) is 32.5 Å². The second kappa shape index (κ2) is 11.9. The minimum atomic E-state index is -1.84. The standard InChI is InChI=1S/C31H50N6O3Si/c1-22-19-23(33-14-16-35(5)6)20-25-26(22)21-37(28(25)38)24-9-12-31(13-10-24,29(32)39)27-11-15-36(34-27)17-18-40-41(7,8)30(2,3)4/h11,15,19-20,24,33H,9-10,12-14,16-18,21H2,1-8H3,(H2,32,39). The highest BCUT2D eigenvalue weighted by Gasteiger charge is 2.46. The van der Waals surface area contributed by atoms with Gasteiger partial charge in [-0.25, -0.2) is 0 Å². The van der Waals surface area contributed by atoms with Gasteiger partial charge in [0, 0.05) is 43.1 Å². The molecule has 226 valence electrons. The molecule has 10 heteroatoms. The summed E-state index contributed by atoms with van der Waals surface area (Å²) in [6.07, 6.45) is 4.53. The van der Waals surface area contributed by atoms with Crippen molar-refractivity contribution < 1.29 is 14.0 Å². The Labute approximate surface area is 246 Å². The highest BCUT2D eigenvalue weighted by Crippen LogP contribution is 2.42. The van der Waals surface area contributed by atoms with Gasteiger partial charge >= 0.3 is 0 Å². The van der Waals surface area contributed by atoms with Crippen molar-refractivity contribution in [2.24, 2.45) is 5.73 Å². The third kappa shape index (κ3) is 6.54. The molecule has 0 bridgehead atoms. The van der Waals surface area contributed by atoms with Gasteiger partial charge in [-0.1, -0.05) is 20.8 Å². The Morgan fingerprint density at radius 1 is 1.24 bits per heavy atom. The molecule has 4 rings (SSSR count). The molecule has 0 spiro atoms. The molecule has 1 aromatic heterocycles. The summed E-state index contributed by atoms with van der Waals surface area (Å²) in [7, 11) is 2.26. The lowest BCUT2D eigenvalue weighted by molar-refractivity contribution is -0.125. The fraction of sp³-hybridized carbons (Fsp3) is 0.645. The van der Waals surface area contributed by atoms with E-state index in [9.17, 15) is 9.59 Å². The Kier molecular flexibility index (Phi) is 9.06. The van der Waals surface area contributed by atoms with E-state index in [1.54, 1.807) is 0 Å². The molecule has 2 aromatic rings. The fourth-order valence-corrected chi connectivity index (χ4v) is 6.86. The molecule has 1 saturated carbocycles. The van der Waals surface area contributed by atoms with Crippen molar-refractivity contribution in [1.29, 1.82) is 0 Å². The quantitative estimate of drug-likeness (QED) is 0.378. The summed E-state index contributed by atoms with van der Waals surface area (Å²) in [5, 5.41) is 8.40. The third-order valence-corrected chi connectivity index (χ3v) is 14.2. The molecule has 2 amide bonds. The highest BCUT2D eigenvalue weighted by atomic mass is 28.4. The fourth-order valence-electron chi connectivity index (χ4n) is 5.82. The topological polar surface area (TPSA) is 106 Å². The number of nitrogens with one attached hydrogen (secondary N) is 1. The van der Waals surface area contributed by atoms with Gasteiger partial charge in [0.15, 0.2) is 8.32 Å². The number of hydrogen-bond donors (Lipinski definition) is 2. The molecule has 41 heavy (non-hydrogen) atoms. The predicted molar refractivity (Wildman–Crippen MR) is 167 cm³/mol. The predicted octanol–water partition coefficient (Wildman–Crippen LogP) is 4.51. The number of benzene rings is 1. The first kappa shape index (κ1) is 31.2. The zero-order valence-electron chi connectivity index (χ0n) is 26.3. The maximum absolute atomic E-state index is 13.6. The van der Waals surface area contributed by atoms with Gasteiger partial charge in [-0.3, -0.25) is 14.3 Å². The molecule has 1 fully saturated rings. The van der Waals surface area contributed by atoms with Crippen LogP contribution in [-0.4, -0.2) is 79.5 Å². The van der Waals surface area contributed by atoms with Gasteiger partial charge < -0.3 is 25.3 Å². The number of carbonyl (C=O) groups is 2. The lowest BCUT2D eigenvalue weighted by atomic mass is 9.69. The number of nitrogens with zero attached hydrogens (tertiary/aromatic N) is 4. The number of aryl methyl sites for hydroxylation is 1. The molecule has 1 aliphatic carbocycles. The Hall–Kier alpha value is -2.69. The highest BCUT2D eigenvalue weighted by molar-refractivity contribution is 6.74. The van der Waals surface area contributed by atoms with Gasteiger partial charge in [0.2, 0.25) is 5.91 Å². The number of hydrogen-bond acceptors (Lipinski definition) is 6. The van der Waals surface area contributed by atoms with Crippen LogP contribution in [0.15, 0.2) is 24.4 Å². The third-order valence-electron chi connectivity index (χ3n) is 9.62. The van der Waals surface area contributed by atoms with E-state index < -0.39 is 13.7 Å². The Morgan fingerprint density at radius 2 is 1.93 bits per heavy atom. The zero-order chi connectivity index (χ0) is 30.2. The largest absolute Gasteiger partial charge is 0.415 e. The van der Waals surface area contributed by atoms with Crippen LogP contribution >= 0.6 is 0 Å². The van der Waals surface area contributed by atoms with Crippen LogP contribution in [0.4, 0.5) is 5.69 Å². The average Bonchev–Trinajstić information content (AvgIpc) is 3.48. The molecule has 1 aliphatic heterocycles.